The highest BCUT2D eigenvalue weighted by Gasteiger charge is 2.19. The second-order valence-electron chi connectivity index (χ2n) is 6.01. The van der Waals surface area contributed by atoms with Gasteiger partial charge in [0.05, 0.1) is 23.3 Å². The van der Waals surface area contributed by atoms with Gasteiger partial charge in [0, 0.05) is 30.9 Å². The number of nitro groups is 1. The van der Waals surface area contributed by atoms with Crippen LogP contribution < -0.4 is 16.0 Å². The smallest absolute Gasteiger partial charge is 0.407 e. The van der Waals surface area contributed by atoms with E-state index in [1.165, 1.54) is 18.2 Å². The Morgan fingerprint density at radius 3 is 2.62 bits per heavy atom. The number of rotatable bonds is 9. The molecule has 0 bridgehead atoms. The van der Waals surface area contributed by atoms with Gasteiger partial charge in [0.15, 0.2) is 0 Å². The summed E-state index contributed by atoms with van der Waals surface area (Å²) in [6.45, 7) is 4.10. The van der Waals surface area contributed by atoms with E-state index in [4.69, 9.17) is 4.74 Å². The first kappa shape index (κ1) is 21.6. The third kappa shape index (κ3) is 6.45. The minimum Gasteiger partial charge on any atom is -0.450 e. The zero-order valence-corrected chi connectivity index (χ0v) is 16.2. The molecule has 0 fully saturated rings. The van der Waals surface area contributed by atoms with Crippen LogP contribution in [0, 0.1) is 10.1 Å². The third-order valence-corrected chi connectivity index (χ3v) is 3.92. The zero-order chi connectivity index (χ0) is 21.2. The molecule has 1 aromatic carbocycles. The maximum absolute atomic E-state index is 12.2. The molecule has 0 saturated carbocycles. The molecule has 2 aromatic rings. The number of ether oxygens (including phenoxy) is 1. The Kier molecular flexibility index (Phi) is 7.89. The van der Waals surface area contributed by atoms with Crippen LogP contribution in [0.4, 0.5) is 16.2 Å². The molecule has 2 amide bonds. The lowest BCUT2D eigenvalue weighted by Crippen LogP contribution is -2.35. The van der Waals surface area contributed by atoms with Gasteiger partial charge in [-0.15, -0.1) is 0 Å². The highest BCUT2D eigenvalue weighted by Crippen LogP contribution is 2.28. The molecule has 0 spiro atoms. The van der Waals surface area contributed by atoms with Crippen LogP contribution in [0.5, 0.6) is 0 Å². The summed E-state index contributed by atoms with van der Waals surface area (Å²) in [6.07, 6.45) is 1.07. The Bertz CT molecular complexity index is 859. The van der Waals surface area contributed by atoms with Crippen molar-refractivity contribution in [3.8, 4) is 0 Å². The number of carbonyl (C=O) groups excluding carboxylic acids is 2. The molecule has 0 radical (unpaired) electrons. The fourth-order valence-electron chi connectivity index (χ4n) is 2.51. The fraction of sp³-hybridized carbons (Fsp3) is 0.316. The number of hydrogen-bond acceptors (Lipinski definition) is 7. The quantitative estimate of drug-likeness (QED) is 0.334. The summed E-state index contributed by atoms with van der Waals surface area (Å²) >= 11 is 0. The Labute approximate surface area is 167 Å². The number of benzene rings is 1. The molecule has 0 aliphatic rings. The van der Waals surface area contributed by atoms with E-state index in [9.17, 15) is 19.7 Å². The van der Waals surface area contributed by atoms with Gasteiger partial charge in [-0.1, -0.05) is 6.07 Å². The van der Waals surface area contributed by atoms with Gasteiger partial charge in [-0.25, -0.2) is 4.79 Å². The van der Waals surface area contributed by atoms with Crippen molar-refractivity contribution < 1.29 is 19.2 Å². The van der Waals surface area contributed by atoms with Crippen LogP contribution >= 0.6 is 0 Å². The molecule has 1 heterocycles. The Morgan fingerprint density at radius 2 is 1.97 bits per heavy atom. The monoisotopic (exact) mass is 401 g/mol. The van der Waals surface area contributed by atoms with E-state index in [0.29, 0.717) is 0 Å². The number of pyridine rings is 1. The summed E-state index contributed by atoms with van der Waals surface area (Å²) in [5.41, 5.74) is 0.945. The van der Waals surface area contributed by atoms with Crippen LogP contribution in [0.3, 0.4) is 0 Å². The van der Waals surface area contributed by atoms with Crippen LogP contribution in [0.25, 0.3) is 0 Å². The van der Waals surface area contributed by atoms with E-state index in [1.54, 1.807) is 19.2 Å². The molecular formula is C19H23N5O5. The molecule has 3 N–H and O–H groups in total. The van der Waals surface area contributed by atoms with E-state index >= 15 is 0 Å². The number of anilines is 1. The van der Waals surface area contributed by atoms with Crippen molar-refractivity contribution in [2.75, 3.05) is 25.0 Å². The van der Waals surface area contributed by atoms with Gasteiger partial charge < -0.3 is 20.7 Å². The number of carbonyl (C=O) groups is 2. The predicted octanol–water partition coefficient (Wildman–Crippen LogP) is 2.64. The Hall–Kier alpha value is -3.69. The van der Waals surface area contributed by atoms with Gasteiger partial charge in [0.1, 0.15) is 5.69 Å². The van der Waals surface area contributed by atoms with E-state index in [0.717, 1.165) is 5.69 Å². The topological polar surface area (TPSA) is 135 Å². The molecule has 1 unspecified atom stereocenters. The van der Waals surface area contributed by atoms with Crippen molar-refractivity contribution in [1.29, 1.82) is 0 Å². The van der Waals surface area contributed by atoms with Crippen molar-refractivity contribution in [2.45, 2.75) is 19.9 Å². The molecule has 2 rings (SSSR count). The van der Waals surface area contributed by atoms with Crippen LogP contribution in [0.1, 0.15) is 35.9 Å². The molecule has 0 saturated heterocycles. The number of nitrogens with zero attached hydrogens (tertiary/aromatic N) is 2. The number of alkyl carbamates (subject to hydrolysis) is 1. The molecule has 29 heavy (non-hydrogen) atoms. The molecule has 0 aliphatic carbocycles. The summed E-state index contributed by atoms with van der Waals surface area (Å²) in [4.78, 5) is 38.6. The van der Waals surface area contributed by atoms with Crippen LogP contribution in [-0.4, -0.2) is 41.6 Å². The number of aromatic nitrogens is 1. The van der Waals surface area contributed by atoms with Crippen molar-refractivity contribution in [2.24, 2.45) is 0 Å². The lowest BCUT2D eigenvalue weighted by Gasteiger charge is -2.15. The lowest BCUT2D eigenvalue weighted by atomic mass is 10.1. The highest BCUT2D eigenvalue weighted by molar-refractivity contribution is 5.95. The van der Waals surface area contributed by atoms with Crippen LogP contribution in [0.2, 0.25) is 0 Å². The van der Waals surface area contributed by atoms with Crippen LogP contribution in [-0.2, 0) is 4.74 Å². The first-order chi connectivity index (χ1) is 13.9. The summed E-state index contributed by atoms with van der Waals surface area (Å²) in [5.74, 6) is -0.483. The SMILES string of the molecule is CCOC(=O)NCCNC(=O)c1ccc(NC(C)c2ccccn2)c([N+](=O)[O-])c1. The molecule has 154 valence electrons. The number of nitrogens with one attached hydrogen (secondary N) is 3. The maximum Gasteiger partial charge on any atom is 0.407 e. The molecular weight excluding hydrogens is 378 g/mol. The van der Waals surface area contributed by atoms with E-state index in [2.05, 4.69) is 20.9 Å². The molecule has 10 nitrogen and oxygen atoms in total. The summed E-state index contributed by atoms with van der Waals surface area (Å²) in [7, 11) is 0. The largest absolute Gasteiger partial charge is 0.450 e. The summed E-state index contributed by atoms with van der Waals surface area (Å²) in [6, 6.07) is 9.37. The van der Waals surface area contributed by atoms with Gasteiger partial charge in [-0.3, -0.25) is 19.9 Å². The minimum atomic E-state index is -0.574. The molecule has 10 heteroatoms. The molecule has 1 aromatic heterocycles. The first-order valence-corrected chi connectivity index (χ1v) is 9.07. The maximum atomic E-state index is 12.2. The lowest BCUT2D eigenvalue weighted by molar-refractivity contribution is -0.384. The molecule has 0 aliphatic heterocycles. The van der Waals surface area contributed by atoms with Crippen LogP contribution in [0.15, 0.2) is 42.6 Å². The normalized spacial score (nSPS) is 11.2. The number of amides is 2. The second kappa shape index (κ2) is 10.6. The van der Waals surface area contributed by atoms with Gasteiger partial charge >= 0.3 is 6.09 Å². The van der Waals surface area contributed by atoms with Gasteiger partial charge in [0.2, 0.25) is 0 Å². The molecule has 1 atom stereocenters. The van der Waals surface area contributed by atoms with Crippen molar-refractivity contribution in [1.82, 2.24) is 15.6 Å². The van der Waals surface area contributed by atoms with Gasteiger partial charge in [-0.2, -0.15) is 0 Å². The summed E-state index contributed by atoms with van der Waals surface area (Å²) < 4.78 is 4.70. The standard InChI is InChI=1S/C19H23N5O5/c1-3-29-19(26)22-11-10-21-18(25)14-7-8-16(17(12-14)24(27)28)23-13(2)15-6-4-5-9-20-15/h4-9,12-13,23H,3,10-11H2,1-2H3,(H,21,25)(H,22,26). The van der Waals surface area contributed by atoms with Gasteiger partial charge in [-0.05, 0) is 38.1 Å². The number of nitro benzene ring substituents is 1. The average molecular weight is 401 g/mol. The summed E-state index contributed by atoms with van der Waals surface area (Å²) in [5, 5.41) is 19.6. The van der Waals surface area contributed by atoms with E-state index in [1.807, 2.05) is 19.1 Å². The van der Waals surface area contributed by atoms with Crippen molar-refractivity contribution >= 4 is 23.4 Å². The Morgan fingerprint density at radius 1 is 1.21 bits per heavy atom. The van der Waals surface area contributed by atoms with Gasteiger partial charge in [0.25, 0.3) is 11.6 Å². The van der Waals surface area contributed by atoms with Crippen molar-refractivity contribution in [3.63, 3.8) is 0 Å². The fourth-order valence-corrected chi connectivity index (χ4v) is 2.51. The minimum absolute atomic E-state index is 0.142. The Balaban J connectivity index is 2.02. The zero-order valence-electron chi connectivity index (χ0n) is 16.2. The van der Waals surface area contributed by atoms with Crippen molar-refractivity contribution in [3.05, 3.63) is 64.0 Å². The third-order valence-electron chi connectivity index (χ3n) is 3.92. The second-order valence-corrected chi connectivity index (χ2v) is 6.01. The first-order valence-electron chi connectivity index (χ1n) is 9.07. The average Bonchev–Trinajstić information content (AvgIpc) is 2.72. The van der Waals surface area contributed by atoms with E-state index in [-0.39, 0.29) is 42.7 Å². The highest BCUT2D eigenvalue weighted by atomic mass is 16.6. The number of hydrogen-bond donors (Lipinski definition) is 3. The predicted molar refractivity (Wildman–Crippen MR) is 107 cm³/mol. The van der Waals surface area contributed by atoms with E-state index < -0.39 is 16.9 Å².